The minimum Gasteiger partial charge on any atom is -0.481 e. The number of piperidine rings is 1. The first kappa shape index (κ1) is 13.3. The summed E-state index contributed by atoms with van der Waals surface area (Å²) >= 11 is 1.30. The lowest BCUT2D eigenvalue weighted by molar-refractivity contribution is -0.133. The first-order valence-corrected chi connectivity index (χ1v) is 7.37. The van der Waals surface area contributed by atoms with Crippen LogP contribution in [0.1, 0.15) is 31.9 Å². The number of carboxylic acids is 1. The lowest BCUT2D eigenvalue weighted by atomic mass is 10.2. The fourth-order valence-corrected chi connectivity index (χ4v) is 2.94. The number of aliphatic carboxylic acids is 1. The minimum absolute atomic E-state index is 0.0635. The van der Waals surface area contributed by atoms with Crippen LogP contribution in [0.25, 0.3) is 0 Å². The van der Waals surface area contributed by atoms with Gasteiger partial charge < -0.3 is 10.1 Å². The summed E-state index contributed by atoms with van der Waals surface area (Å²) in [6.07, 6.45) is 6.45. The molecule has 1 saturated heterocycles. The predicted molar refractivity (Wildman–Crippen MR) is 71.8 cm³/mol. The van der Waals surface area contributed by atoms with Crippen molar-refractivity contribution in [3.05, 3.63) is 11.9 Å². The first-order chi connectivity index (χ1) is 8.72. The highest BCUT2D eigenvalue weighted by Gasteiger charge is 2.18. The van der Waals surface area contributed by atoms with E-state index in [1.807, 2.05) is 6.20 Å². The summed E-state index contributed by atoms with van der Waals surface area (Å²) in [6, 6.07) is 0. The number of aryl methyl sites for hydroxylation is 1. The Labute approximate surface area is 111 Å². The van der Waals surface area contributed by atoms with Crippen LogP contribution >= 0.6 is 11.8 Å². The molecular weight excluding hydrogens is 250 g/mol. The van der Waals surface area contributed by atoms with Gasteiger partial charge in [-0.05, 0) is 25.7 Å². The van der Waals surface area contributed by atoms with E-state index in [4.69, 9.17) is 5.11 Å². The average molecular weight is 269 g/mol. The standard InChI is InChI=1S/C12H19N3O2S/c1-2-10-8-13-12(18-9-11(16)17)15(10)14-6-4-3-5-7-14/h8H,2-7,9H2,1H3,(H,16,17). The number of imidazole rings is 1. The van der Waals surface area contributed by atoms with Gasteiger partial charge in [-0.2, -0.15) is 0 Å². The summed E-state index contributed by atoms with van der Waals surface area (Å²) in [5.41, 5.74) is 1.16. The number of carboxylic acid groups (broad SMARTS) is 1. The van der Waals surface area contributed by atoms with Crippen molar-refractivity contribution in [1.82, 2.24) is 9.66 Å². The molecule has 0 atom stereocenters. The molecular formula is C12H19N3O2S. The SMILES string of the molecule is CCc1cnc(SCC(=O)O)n1N1CCCCC1. The van der Waals surface area contributed by atoms with Gasteiger partial charge in [0.25, 0.3) is 0 Å². The summed E-state index contributed by atoms with van der Waals surface area (Å²) in [7, 11) is 0. The number of thioether (sulfide) groups is 1. The van der Waals surface area contributed by atoms with E-state index in [2.05, 4.69) is 21.6 Å². The Morgan fingerprint density at radius 2 is 2.17 bits per heavy atom. The van der Waals surface area contributed by atoms with Crippen molar-refractivity contribution < 1.29 is 9.90 Å². The van der Waals surface area contributed by atoms with E-state index in [0.29, 0.717) is 0 Å². The number of hydrogen-bond acceptors (Lipinski definition) is 4. The van der Waals surface area contributed by atoms with Crippen LogP contribution in [0.2, 0.25) is 0 Å². The monoisotopic (exact) mass is 269 g/mol. The van der Waals surface area contributed by atoms with E-state index in [9.17, 15) is 4.79 Å². The molecule has 2 heterocycles. The van der Waals surface area contributed by atoms with Gasteiger partial charge in [0.2, 0.25) is 0 Å². The van der Waals surface area contributed by atoms with Crippen molar-refractivity contribution in [2.45, 2.75) is 37.8 Å². The average Bonchev–Trinajstić information content (AvgIpc) is 2.80. The number of carbonyl (C=O) groups is 1. The normalized spacial score (nSPS) is 15.9. The Morgan fingerprint density at radius 1 is 1.44 bits per heavy atom. The van der Waals surface area contributed by atoms with Crippen LogP contribution in [-0.4, -0.2) is 39.6 Å². The third-order valence-corrected chi connectivity index (χ3v) is 4.01. The number of nitrogens with zero attached hydrogens (tertiary/aromatic N) is 3. The molecule has 1 aromatic heterocycles. The topological polar surface area (TPSA) is 58.4 Å². The van der Waals surface area contributed by atoms with Gasteiger partial charge in [0.15, 0.2) is 5.16 Å². The van der Waals surface area contributed by atoms with Crippen LogP contribution in [-0.2, 0) is 11.2 Å². The highest BCUT2D eigenvalue weighted by Crippen LogP contribution is 2.21. The fraction of sp³-hybridized carbons (Fsp3) is 0.667. The largest absolute Gasteiger partial charge is 0.481 e. The second kappa shape index (κ2) is 6.13. The van der Waals surface area contributed by atoms with E-state index in [1.54, 1.807) is 0 Å². The molecule has 1 aliphatic heterocycles. The maximum atomic E-state index is 10.7. The van der Waals surface area contributed by atoms with Crippen molar-refractivity contribution in [3.63, 3.8) is 0 Å². The molecule has 0 aromatic carbocycles. The van der Waals surface area contributed by atoms with Crippen LogP contribution in [0.15, 0.2) is 11.4 Å². The van der Waals surface area contributed by atoms with Crippen LogP contribution in [0.5, 0.6) is 0 Å². The second-order valence-electron chi connectivity index (χ2n) is 4.39. The third kappa shape index (κ3) is 2.98. The molecule has 100 valence electrons. The molecule has 5 nitrogen and oxygen atoms in total. The summed E-state index contributed by atoms with van der Waals surface area (Å²) < 4.78 is 2.12. The highest BCUT2D eigenvalue weighted by atomic mass is 32.2. The van der Waals surface area contributed by atoms with Crippen LogP contribution in [0, 0.1) is 0 Å². The molecule has 0 unspecified atom stereocenters. The number of rotatable bonds is 5. The summed E-state index contributed by atoms with van der Waals surface area (Å²) in [6.45, 7) is 4.16. The van der Waals surface area contributed by atoms with Crippen LogP contribution < -0.4 is 5.01 Å². The Hall–Kier alpha value is -1.17. The van der Waals surface area contributed by atoms with Gasteiger partial charge in [-0.25, -0.2) is 9.66 Å². The molecule has 0 saturated carbocycles. The summed E-state index contributed by atoms with van der Waals surface area (Å²) in [4.78, 5) is 15.0. The van der Waals surface area contributed by atoms with E-state index < -0.39 is 5.97 Å². The quantitative estimate of drug-likeness (QED) is 0.825. The molecule has 1 aliphatic rings. The van der Waals surface area contributed by atoms with E-state index in [1.165, 1.54) is 31.0 Å². The predicted octanol–water partition coefficient (Wildman–Crippen LogP) is 1.74. The maximum absolute atomic E-state index is 10.7. The van der Waals surface area contributed by atoms with Gasteiger partial charge in [-0.3, -0.25) is 4.79 Å². The zero-order valence-corrected chi connectivity index (χ0v) is 11.4. The fourth-order valence-electron chi connectivity index (χ4n) is 2.21. The Morgan fingerprint density at radius 3 is 2.78 bits per heavy atom. The van der Waals surface area contributed by atoms with Crippen molar-refractivity contribution in [3.8, 4) is 0 Å². The highest BCUT2D eigenvalue weighted by molar-refractivity contribution is 7.99. The number of hydrogen-bond donors (Lipinski definition) is 1. The van der Waals surface area contributed by atoms with E-state index in [-0.39, 0.29) is 5.75 Å². The Bertz CT molecular complexity index is 413. The van der Waals surface area contributed by atoms with Gasteiger partial charge >= 0.3 is 5.97 Å². The Kier molecular flexibility index (Phi) is 4.52. The summed E-state index contributed by atoms with van der Waals surface area (Å²) in [5, 5.41) is 11.9. The third-order valence-electron chi connectivity index (χ3n) is 3.08. The molecule has 1 fully saturated rings. The Balaban J connectivity index is 2.18. The molecule has 6 heteroatoms. The van der Waals surface area contributed by atoms with Gasteiger partial charge in [-0.15, -0.1) is 0 Å². The molecule has 18 heavy (non-hydrogen) atoms. The molecule has 2 rings (SSSR count). The van der Waals surface area contributed by atoms with E-state index in [0.717, 1.165) is 30.4 Å². The first-order valence-electron chi connectivity index (χ1n) is 6.38. The minimum atomic E-state index is -0.800. The van der Waals surface area contributed by atoms with Gasteiger partial charge in [0, 0.05) is 13.1 Å². The molecule has 1 N–H and O–H groups in total. The van der Waals surface area contributed by atoms with Crippen LogP contribution in [0.3, 0.4) is 0 Å². The van der Waals surface area contributed by atoms with Crippen LogP contribution in [0.4, 0.5) is 0 Å². The molecule has 0 spiro atoms. The molecule has 0 bridgehead atoms. The van der Waals surface area contributed by atoms with Crippen molar-refractivity contribution in [1.29, 1.82) is 0 Å². The number of aromatic nitrogens is 2. The van der Waals surface area contributed by atoms with Crippen molar-refractivity contribution in [2.75, 3.05) is 23.9 Å². The smallest absolute Gasteiger partial charge is 0.313 e. The van der Waals surface area contributed by atoms with Gasteiger partial charge in [0.1, 0.15) is 0 Å². The zero-order chi connectivity index (χ0) is 13.0. The molecule has 1 aromatic rings. The molecule has 0 aliphatic carbocycles. The summed E-state index contributed by atoms with van der Waals surface area (Å²) in [5.74, 6) is -0.736. The second-order valence-corrected chi connectivity index (χ2v) is 5.34. The van der Waals surface area contributed by atoms with Crippen molar-refractivity contribution >= 4 is 17.7 Å². The maximum Gasteiger partial charge on any atom is 0.313 e. The molecule has 0 radical (unpaired) electrons. The lowest BCUT2D eigenvalue weighted by Gasteiger charge is -2.32. The van der Waals surface area contributed by atoms with Crippen molar-refractivity contribution in [2.24, 2.45) is 0 Å². The van der Waals surface area contributed by atoms with E-state index >= 15 is 0 Å². The van der Waals surface area contributed by atoms with Gasteiger partial charge in [0.05, 0.1) is 17.6 Å². The zero-order valence-electron chi connectivity index (χ0n) is 10.6. The van der Waals surface area contributed by atoms with Gasteiger partial charge in [-0.1, -0.05) is 18.7 Å². The lowest BCUT2D eigenvalue weighted by Crippen LogP contribution is -2.40. The molecule has 0 amide bonds.